The molecule has 4 aliphatic heterocycles. The Morgan fingerprint density at radius 2 is 0.317 bits per heavy atom. The number of carboxylic acid groups (broad SMARTS) is 12. The zero-order valence-corrected chi connectivity index (χ0v) is 82.7. The predicted octanol–water partition coefficient (Wildman–Crippen LogP) is -10.5. The first-order chi connectivity index (χ1) is 68.8. The highest BCUT2D eigenvalue weighted by Crippen LogP contribution is 2.32. The van der Waals surface area contributed by atoms with Gasteiger partial charge in [-0.05, 0) is 57.8 Å². The highest BCUT2D eigenvalue weighted by atomic mass is 16.4. The Hall–Kier alpha value is -11.0. The average Bonchev–Trinajstić information content (AvgIpc) is 1.33. The standard InChI is InChI=1S/C90H149N23O32/c114-70(43-110(66-1-2-66)74(118)47-94-11-19-98(51-78(122)123)27-35-106(59-86(138)139)36-28-99(20-12-94)52-79(124)125)9-10-90(63-91-71(115)44-111(67-3-4-67)75(119)48-95-13-21-100(53-80(126)127)29-37-107(60-87(140)141)38-30-101(22-14-95)54-81(128)129,64-92-72(116)45-112(68-5-6-68)76(120)49-96-15-23-102(55-82(130)131)31-39-108(61-88(142)143)40-32-103(24-16-96)56-83(132)133)65-93-73(117)46-113(69-7-8-69)77(121)50-97-17-25-104(57-84(134)135)33-41-109(62-89(144)145)42-34-105(26-18-97)58-85(136)137/h66-69H,1-65H2,(H,91,115)(H,92,116)(H,93,117)(H,122,123)(H,124,125)(H,126,127)(H,128,129)(H,130,131)(H,132,133)(H,134,135)(H,136,137)(H,138,139)(H,140,141)(H,142,143)(H,144,145). The van der Waals surface area contributed by atoms with Crippen LogP contribution < -0.4 is 16.0 Å². The topological polar surface area (TPSA) is 685 Å². The minimum absolute atomic E-state index is 0.0404. The van der Waals surface area contributed by atoms with Gasteiger partial charge in [-0.15, -0.1) is 0 Å². The maximum atomic E-state index is 15.3. The number of Topliss-reactive ketones (excluding diaryl/α,β-unsaturated/α-hetero) is 1. The molecule has 4 saturated carbocycles. The van der Waals surface area contributed by atoms with Gasteiger partial charge in [-0.1, -0.05) is 0 Å². The molecule has 4 heterocycles. The summed E-state index contributed by atoms with van der Waals surface area (Å²) in [5.74, 6) is -19.4. The van der Waals surface area contributed by atoms with Crippen molar-refractivity contribution in [3.63, 3.8) is 0 Å². The number of nitrogens with one attached hydrogen (secondary N) is 3. The molecule has 4 saturated heterocycles. The third-order valence-electron chi connectivity index (χ3n) is 26.9. The van der Waals surface area contributed by atoms with Gasteiger partial charge in [0.05, 0.1) is 131 Å². The van der Waals surface area contributed by atoms with Crippen molar-refractivity contribution in [2.24, 2.45) is 5.41 Å². The van der Waals surface area contributed by atoms with Crippen LogP contribution in [0.15, 0.2) is 0 Å². The lowest BCUT2D eigenvalue weighted by atomic mass is 9.81. The molecule has 4 aliphatic carbocycles. The number of ketones is 1. The Balaban J connectivity index is 1.14. The van der Waals surface area contributed by atoms with Crippen LogP contribution in [0.25, 0.3) is 0 Å². The van der Waals surface area contributed by atoms with Crippen molar-refractivity contribution in [1.82, 2.24) is 114 Å². The molecule has 0 atom stereocenters. The molecule has 7 amide bonds. The normalized spacial score (nSPS) is 20.1. The lowest BCUT2D eigenvalue weighted by molar-refractivity contribution is -0.141. The molecule has 8 fully saturated rings. The van der Waals surface area contributed by atoms with Crippen molar-refractivity contribution in [3.05, 3.63) is 0 Å². The van der Waals surface area contributed by atoms with Gasteiger partial charge < -0.3 is 96.8 Å². The van der Waals surface area contributed by atoms with Crippen molar-refractivity contribution in [2.75, 3.05) is 360 Å². The largest absolute Gasteiger partial charge is 0.480 e. The number of carbonyl (C=O) groups is 20. The number of rotatable bonds is 53. The first-order valence-electron chi connectivity index (χ1n) is 49.6. The lowest BCUT2D eigenvalue weighted by Gasteiger charge is -2.36. The molecule has 0 bridgehead atoms. The second-order valence-corrected chi connectivity index (χ2v) is 39.0. The molecule has 145 heavy (non-hydrogen) atoms. The summed E-state index contributed by atoms with van der Waals surface area (Å²) < 4.78 is 0. The predicted molar refractivity (Wildman–Crippen MR) is 509 cm³/mol. The van der Waals surface area contributed by atoms with Crippen molar-refractivity contribution >= 4 is 119 Å². The van der Waals surface area contributed by atoms with Crippen molar-refractivity contribution in [1.29, 1.82) is 0 Å². The van der Waals surface area contributed by atoms with E-state index in [0.717, 1.165) is 0 Å². The minimum atomic E-state index is -1.73. The van der Waals surface area contributed by atoms with Crippen LogP contribution in [-0.4, -0.2) is 662 Å². The van der Waals surface area contributed by atoms with E-state index < -0.39 is 279 Å². The fourth-order valence-electron chi connectivity index (χ4n) is 18.1. The van der Waals surface area contributed by atoms with Crippen LogP contribution in [0.1, 0.15) is 64.2 Å². The SMILES string of the molecule is O=C(O)CN1CCN(CC(=O)O)CCN(CC(=O)N(CC(=O)CCC(CNC(=O)CN(C(=O)CN2CCN(CC(=O)O)CCN(CC(=O)O)CCN(CC(=O)O)CC2)C2CC2)(CNC(=O)CN(C(=O)CN2CCN(CC(=O)O)CCN(CC(=O)O)CCN(CC(=O)O)CC2)C2CC2)CNC(=O)CN(C(=O)CN2CCN(CC(=O)O)CCN(CC(=O)O)CCN(CC(=O)O)CC2)C2CC2)C2CC2)CCN(CC(=O)O)CC1. The summed E-state index contributed by atoms with van der Waals surface area (Å²) in [6.45, 7) is -8.80. The Kier molecular flexibility index (Phi) is 50.1. The number of carbonyl (C=O) groups excluding carboxylic acids is 8. The lowest BCUT2D eigenvalue weighted by Crippen LogP contribution is -2.56. The van der Waals surface area contributed by atoms with Gasteiger partial charge in [0, 0.05) is 265 Å². The zero-order chi connectivity index (χ0) is 106. The summed E-state index contributed by atoms with van der Waals surface area (Å²) in [4.78, 5) is 298. The van der Waals surface area contributed by atoms with Crippen molar-refractivity contribution in [3.8, 4) is 0 Å². The monoisotopic (exact) mass is 2060 g/mol. The molecule has 0 radical (unpaired) electrons. The van der Waals surface area contributed by atoms with Gasteiger partial charge in [-0.2, -0.15) is 0 Å². The molecular formula is C90H149N23O32. The van der Waals surface area contributed by atoms with E-state index >= 15 is 38.4 Å². The number of nitrogens with zero attached hydrogens (tertiary/aromatic N) is 20. The van der Waals surface area contributed by atoms with E-state index in [9.17, 15) is 119 Å². The highest BCUT2D eigenvalue weighted by molar-refractivity contribution is 5.90. The Bertz CT molecular complexity index is 3720. The number of aliphatic carboxylic acids is 12. The second kappa shape index (κ2) is 60.9. The molecule has 0 unspecified atom stereocenters. The zero-order valence-electron chi connectivity index (χ0n) is 82.7. The minimum Gasteiger partial charge on any atom is -0.480 e. The van der Waals surface area contributed by atoms with Crippen LogP contribution in [0, 0.1) is 5.41 Å². The fourth-order valence-corrected chi connectivity index (χ4v) is 18.1. The van der Waals surface area contributed by atoms with Gasteiger partial charge >= 0.3 is 71.6 Å². The molecule has 8 aliphatic rings. The van der Waals surface area contributed by atoms with Crippen molar-refractivity contribution < 1.29 is 157 Å². The first-order valence-corrected chi connectivity index (χ1v) is 49.6. The molecule has 55 nitrogen and oxygen atoms in total. The molecule has 816 valence electrons. The van der Waals surface area contributed by atoms with Gasteiger partial charge in [0.2, 0.25) is 41.4 Å². The van der Waals surface area contributed by atoms with Crippen LogP contribution in [0.4, 0.5) is 0 Å². The molecule has 8 rings (SSSR count). The smallest absolute Gasteiger partial charge is 0.317 e. The number of amides is 7. The first kappa shape index (κ1) is 119. The quantitative estimate of drug-likeness (QED) is 0.0269. The third kappa shape index (κ3) is 48.4. The summed E-state index contributed by atoms with van der Waals surface area (Å²) in [7, 11) is 0. The molecule has 0 spiro atoms. The van der Waals surface area contributed by atoms with Gasteiger partial charge in [0.25, 0.3) is 0 Å². The van der Waals surface area contributed by atoms with Gasteiger partial charge in [-0.25, -0.2) is 0 Å². The van der Waals surface area contributed by atoms with E-state index in [-0.39, 0.29) is 242 Å². The highest BCUT2D eigenvalue weighted by Gasteiger charge is 2.43. The van der Waals surface area contributed by atoms with Crippen LogP contribution in [0.3, 0.4) is 0 Å². The molecule has 0 aromatic carbocycles. The summed E-state index contributed by atoms with van der Waals surface area (Å²) in [5, 5.41) is 128. The van der Waals surface area contributed by atoms with Crippen LogP contribution in [0.5, 0.6) is 0 Å². The van der Waals surface area contributed by atoms with E-state index in [1.54, 1.807) is 78.4 Å². The van der Waals surface area contributed by atoms with Crippen LogP contribution in [0.2, 0.25) is 0 Å². The van der Waals surface area contributed by atoms with E-state index in [0.29, 0.717) is 51.4 Å². The van der Waals surface area contributed by atoms with Crippen LogP contribution in [-0.2, 0) is 95.9 Å². The molecule has 0 aromatic rings. The molecular weight excluding hydrogens is 1920 g/mol. The summed E-state index contributed by atoms with van der Waals surface area (Å²) in [6, 6.07) is -1.97. The van der Waals surface area contributed by atoms with E-state index in [2.05, 4.69) is 16.0 Å². The number of hydrogen-bond donors (Lipinski definition) is 15. The Morgan fingerprint density at radius 3 is 0.441 bits per heavy atom. The van der Waals surface area contributed by atoms with Crippen molar-refractivity contribution in [2.45, 2.75) is 88.4 Å². The van der Waals surface area contributed by atoms with Crippen LogP contribution >= 0.6 is 0 Å². The molecule has 55 heteroatoms. The number of carboxylic acids is 12. The third-order valence-corrected chi connectivity index (χ3v) is 26.9. The Morgan fingerprint density at radius 1 is 0.193 bits per heavy atom. The van der Waals surface area contributed by atoms with Gasteiger partial charge in [-0.3, -0.25) is 174 Å². The van der Waals surface area contributed by atoms with E-state index in [4.69, 9.17) is 0 Å². The average molecular weight is 2070 g/mol. The summed E-state index contributed by atoms with van der Waals surface area (Å²) in [6.07, 6.45) is 2.75. The molecule has 0 aromatic heterocycles. The van der Waals surface area contributed by atoms with Gasteiger partial charge in [0.15, 0.2) is 5.78 Å². The van der Waals surface area contributed by atoms with E-state index in [1.165, 1.54) is 19.6 Å². The second-order valence-electron chi connectivity index (χ2n) is 39.0. The molecule has 15 N–H and O–H groups in total. The summed E-state index contributed by atoms with van der Waals surface area (Å²) in [5.41, 5.74) is -1.73. The fraction of sp³-hybridized carbons (Fsp3) is 0.778. The summed E-state index contributed by atoms with van der Waals surface area (Å²) >= 11 is 0. The Labute approximate surface area is 840 Å². The number of hydrogen-bond acceptors (Lipinski definition) is 36. The van der Waals surface area contributed by atoms with Gasteiger partial charge in [0.1, 0.15) is 0 Å². The maximum Gasteiger partial charge on any atom is 0.317 e. The maximum absolute atomic E-state index is 15.3. The van der Waals surface area contributed by atoms with E-state index in [1.807, 2.05) is 0 Å².